The van der Waals surface area contributed by atoms with Crippen LogP contribution in [-0.2, 0) is 42.9 Å². The van der Waals surface area contributed by atoms with E-state index in [1.807, 2.05) is 0 Å². The summed E-state index contributed by atoms with van der Waals surface area (Å²) in [5.41, 5.74) is 6.15. The fourth-order valence-corrected chi connectivity index (χ4v) is 8.39. The lowest BCUT2D eigenvalue weighted by atomic mass is 9.88. The molecule has 0 bridgehead atoms. The van der Waals surface area contributed by atoms with Gasteiger partial charge in [0.2, 0.25) is 11.8 Å². The molecular weight excluding hydrogens is 936 g/mol. The molecule has 0 aliphatic carbocycles. The van der Waals surface area contributed by atoms with Gasteiger partial charge < -0.3 is 107 Å². The van der Waals surface area contributed by atoms with E-state index in [0.29, 0.717) is 6.54 Å². The molecule has 2 aliphatic rings. The van der Waals surface area contributed by atoms with Crippen molar-refractivity contribution < 1.29 is 109 Å². The Morgan fingerprint density at radius 1 is 0.686 bits per heavy atom. The SMILES string of the molecule is CCCCCCCCCCCCNCC(O)C1OC(OC(CO)C(O)C2OC(OC(CO)C(O)C(O)C(NC(=O)CC)C(O)CC(O)C(=O)O)(C(=O)O)CC(O)C2N)(C(=O)O)CC(O)C1NC(=O)CC. The number of carboxylic acid groups (broad SMARTS) is 3. The number of carboxylic acids is 3. The van der Waals surface area contributed by atoms with Crippen LogP contribution >= 0.6 is 0 Å². The number of hydrogen-bond acceptors (Lipinski definition) is 21. The van der Waals surface area contributed by atoms with Crippen molar-refractivity contribution in [3.63, 3.8) is 0 Å². The Kier molecular flexibility index (Phi) is 27.5. The first-order valence-electron chi connectivity index (χ1n) is 24.1. The maximum Gasteiger partial charge on any atom is 0.364 e. The molecule has 18 N–H and O–H groups in total. The van der Waals surface area contributed by atoms with Gasteiger partial charge in [-0.1, -0.05) is 78.6 Å². The maximum absolute atomic E-state index is 13.1. The van der Waals surface area contributed by atoms with Crippen molar-refractivity contribution >= 4 is 29.7 Å². The van der Waals surface area contributed by atoms with E-state index in [9.17, 15) is 85.3 Å². The Morgan fingerprint density at radius 2 is 1.19 bits per heavy atom. The van der Waals surface area contributed by atoms with Crippen LogP contribution in [0.2, 0.25) is 0 Å². The first-order valence-corrected chi connectivity index (χ1v) is 24.1. The molecule has 0 spiro atoms. The lowest BCUT2D eigenvalue weighted by Gasteiger charge is -2.49. The topological polar surface area (TPSA) is 447 Å². The highest BCUT2D eigenvalue weighted by atomic mass is 16.8. The third kappa shape index (κ3) is 18.0. The minimum absolute atomic E-state index is 0.0730. The molecule has 0 aromatic heterocycles. The van der Waals surface area contributed by atoms with Gasteiger partial charge in [0.15, 0.2) is 6.10 Å². The zero-order valence-electron chi connectivity index (χ0n) is 40.2. The van der Waals surface area contributed by atoms with E-state index in [-0.39, 0.29) is 19.4 Å². The normalized spacial score (nSPS) is 28.8. The minimum Gasteiger partial charge on any atom is -0.479 e. The maximum atomic E-state index is 13.1. The van der Waals surface area contributed by atoms with Crippen LogP contribution in [-0.4, -0.2) is 225 Å². The van der Waals surface area contributed by atoms with Crippen LogP contribution in [0.4, 0.5) is 0 Å². The van der Waals surface area contributed by atoms with Crippen molar-refractivity contribution in [1.82, 2.24) is 16.0 Å². The largest absolute Gasteiger partial charge is 0.479 e. The van der Waals surface area contributed by atoms with Crippen LogP contribution in [0.5, 0.6) is 0 Å². The smallest absolute Gasteiger partial charge is 0.364 e. The highest BCUT2D eigenvalue weighted by molar-refractivity contribution is 5.78. The number of ether oxygens (including phenoxy) is 4. The van der Waals surface area contributed by atoms with Gasteiger partial charge in [0.25, 0.3) is 11.6 Å². The molecule has 0 aromatic carbocycles. The van der Waals surface area contributed by atoms with Crippen molar-refractivity contribution in [2.45, 2.75) is 220 Å². The van der Waals surface area contributed by atoms with Gasteiger partial charge in [0.1, 0.15) is 42.7 Å². The second kappa shape index (κ2) is 30.7. The fraction of sp³-hybridized carbons (Fsp3) is 0.886. The van der Waals surface area contributed by atoms with Gasteiger partial charge in [-0.2, -0.15) is 0 Å². The summed E-state index contributed by atoms with van der Waals surface area (Å²) in [5, 5.41) is 147. The molecule has 26 nitrogen and oxygen atoms in total. The number of nitrogens with one attached hydrogen (secondary N) is 3. The molecule has 17 unspecified atom stereocenters. The molecule has 2 amide bonds. The van der Waals surface area contributed by atoms with Crippen LogP contribution in [0.15, 0.2) is 0 Å². The molecule has 70 heavy (non-hydrogen) atoms. The van der Waals surface area contributed by atoms with Gasteiger partial charge in [0, 0.05) is 38.6 Å². The van der Waals surface area contributed by atoms with Crippen LogP contribution < -0.4 is 21.7 Å². The molecule has 408 valence electrons. The van der Waals surface area contributed by atoms with Crippen LogP contribution in [0.3, 0.4) is 0 Å². The van der Waals surface area contributed by atoms with E-state index in [1.54, 1.807) is 0 Å². The molecule has 2 aliphatic heterocycles. The van der Waals surface area contributed by atoms with Crippen molar-refractivity contribution in [2.75, 3.05) is 26.3 Å². The number of carbonyl (C=O) groups excluding carboxylic acids is 2. The van der Waals surface area contributed by atoms with E-state index in [2.05, 4.69) is 22.9 Å². The molecule has 2 heterocycles. The molecule has 2 saturated heterocycles. The van der Waals surface area contributed by atoms with Gasteiger partial charge >= 0.3 is 17.9 Å². The second-order valence-electron chi connectivity index (χ2n) is 18.1. The summed E-state index contributed by atoms with van der Waals surface area (Å²) < 4.78 is 22.7. The summed E-state index contributed by atoms with van der Waals surface area (Å²) in [4.78, 5) is 62.1. The predicted octanol–water partition coefficient (Wildman–Crippen LogP) is -4.13. The summed E-state index contributed by atoms with van der Waals surface area (Å²) in [6.07, 6.45) is -18.0. The van der Waals surface area contributed by atoms with E-state index >= 15 is 0 Å². The third-order valence-corrected chi connectivity index (χ3v) is 12.6. The number of unbranched alkanes of at least 4 members (excludes halogenated alkanes) is 9. The Balaban J connectivity index is 2.38. The lowest BCUT2D eigenvalue weighted by Crippen LogP contribution is -2.70. The quantitative estimate of drug-likeness (QED) is 0.0268. The average Bonchev–Trinajstić information content (AvgIpc) is 3.32. The van der Waals surface area contributed by atoms with Gasteiger partial charge in [-0.25, -0.2) is 14.4 Å². The number of aliphatic hydroxyl groups excluding tert-OH is 10. The highest BCUT2D eigenvalue weighted by Crippen LogP contribution is 2.38. The minimum atomic E-state index is -3.22. The molecule has 17 atom stereocenters. The van der Waals surface area contributed by atoms with Gasteiger partial charge in [-0.05, 0) is 13.0 Å². The fourth-order valence-electron chi connectivity index (χ4n) is 8.39. The summed E-state index contributed by atoms with van der Waals surface area (Å²) in [5.74, 6) is -13.5. The number of hydrogen-bond donors (Lipinski definition) is 17. The summed E-state index contributed by atoms with van der Waals surface area (Å²) >= 11 is 0. The first kappa shape index (κ1) is 62.8. The van der Waals surface area contributed by atoms with E-state index in [1.165, 1.54) is 46.0 Å². The van der Waals surface area contributed by atoms with Gasteiger partial charge in [-0.3, -0.25) is 9.59 Å². The average molecular weight is 1020 g/mol. The molecule has 0 radical (unpaired) electrons. The van der Waals surface area contributed by atoms with E-state index < -0.39 is 165 Å². The Bertz CT molecular complexity index is 1600. The van der Waals surface area contributed by atoms with Crippen molar-refractivity contribution in [1.29, 1.82) is 0 Å². The number of amides is 2. The van der Waals surface area contributed by atoms with Crippen LogP contribution in [0, 0.1) is 0 Å². The molecule has 0 saturated carbocycles. The number of aliphatic hydroxyl groups is 10. The molecule has 2 rings (SSSR count). The standard InChI is InChI=1S/C44H80N4O22/c1-4-7-8-9-10-11-12-13-14-15-16-46-20-27(55)38-34(48-31(57)6-3)26(54)19-44(69-38,42(65)66)68-29(22-50)36(59)39-32(45)25(53)18-43(70-39,41(63)64)67-28(21-49)35(58)37(60)33(47-30(56)5-2)23(51)17-24(52)40(61)62/h23-29,32-39,46,49-55,58-60H,4-22,45H2,1-3H3,(H,47,56)(H,48,57)(H,61,62)(H,63,64)(H,65,66). The number of rotatable bonds is 35. The predicted molar refractivity (Wildman–Crippen MR) is 241 cm³/mol. The molecule has 2 fully saturated rings. The number of aliphatic carboxylic acids is 3. The van der Waals surface area contributed by atoms with Crippen molar-refractivity contribution in [3.05, 3.63) is 0 Å². The number of carbonyl (C=O) groups is 5. The van der Waals surface area contributed by atoms with E-state index in [4.69, 9.17) is 29.8 Å². The monoisotopic (exact) mass is 1020 g/mol. The summed E-state index contributed by atoms with van der Waals surface area (Å²) in [7, 11) is 0. The Hall–Kier alpha value is -3.29. The van der Waals surface area contributed by atoms with Gasteiger partial charge in [0.05, 0.1) is 55.8 Å². The van der Waals surface area contributed by atoms with Gasteiger partial charge in [-0.15, -0.1) is 0 Å². The van der Waals surface area contributed by atoms with Crippen molar-refractivity contribution in [3.8, 4) is 0 Å². The lowest BCUT2D eigenvalue weighted by molar-refractivity contribution is -0.350. The summed E-state index contributed by atoms with van der Waals surface area (Å²) in [6, 6.07) is -5.18. The molecule has 26 heteroatoms. The summed E-state index contributed by atoms with van der Waals surface area (Å²) in [6.45, 7) is 2.59. The van der Waals surface area contributed by atoms with E-state index in [0.717, 1.165) is 32.1 Å². The zero-order chi connectivity index (χ0) is 52.9. The van der Waals surface area contributed by atoms with Crippen LogP contribution in [0.25, 0.3) is 0 Å². The first-order chi connectivity index (χ1) is 33.0. The van der Waals surface area contributed by atoms with Crippen LogP contribution in [0.1, 0.15) is 117 Å². The zero-order valence-corrected chi connectivity index (χ0v) is 40.2. The molecular formula is C44H80N4O22. The molecule has 0 aromatic rings. The highest BCUT2D eigenvalue weighted by Gasteiger charge is 2.60. The van der Waals surface area contributed by atoms with Crippen molar-refractivity contribution in [2.24, 2.45) is 5.73 Å². The number of nitrogens with two attached hydrogens (primary N) is 1. The Labute approximate surface area is 406 Å². The Morgan fingerprint density at radius 3 is 1.69 bits per heavy atom. The third-order valence-electron chi connectivity index (χ3n) is 12.6. The second-order valence-corrected chi connectivity index (χ2v) is 18.1.